The average molecular weight is 419 g/mol. The Balaban J connectivity index is 2.14. The van der Waals surface area contributed by atoms with Gasteiger partial charge in [0.1, 0.15) is 6.04 Å². The smallest absolute Gasteiger partial charge is 0.242 e. The lowest BCUT2D eigenvalue weighted by Gasteiger charge is -2.28. The number of nitrogens with one attached hydrogen (secondary N) is 1. The van der Waals surface area contributed by atoms with Crippen molar-refractivity contribution in [1.82, 2.24) is 10.2 Å². The van der Waals surface area contributed by atoms with E-state index >= 15 is 0 Å². The zero-order chi connectivity index (χ0) is 21.4. The van der Waals surface area contributed by atoms with Crippen molar-refractivity contribution in [2.75, 3.05) is 21.3 Å². The summed E-state index contributed by atoms with van der Waals surface area (Å²) in [6.07, 6.45) is 0.793. The zero-order valence-corrected chi connectivity index (χ0v) is 18.0. The van der Waals surface area contributed by atoms with E-state index in [1.165, 1.54) is 0 Å². The molecule has 2 aromatic rings. The lowest BCUT2D eigenvalue weighted by Crippen LogP contribution is -2.46. The Bertz CT molecular complexity index is 839. The van der Waals surface area contributed by atoms with Crippen LogP contribution in [-0.4, -0.2) is 44.0 Å². The first-order chi connectivity index (χ1) is 13.9. The van der Waals surface area contributed by atoms with Gasteiger partial charge in [0.25, 0.3) is 0 Å². The van der Waals surface area contributed by atoms with Crippen molar-refractivity contribution in [3.8, 4) is 11.5 Å². The van der Waals surface area contributed by atoms with Crippen LogP contribution in [0.4, 0.5) is 0 Å². The SMILES string of the molecule is CNC(=O)[C@@H](C)N(Cc1ccc(Cl)cc1)C(=O)CCc1ccc(OC)c(OC)c1. The molecule has 2 rings (SSSR count). The largest absolute Gasteiger partial charge is 0.493 e. The minimum atomic E-state index is -0.589. The molecule has 2 amide bonds. The van der Waals surface area contributed by atoms with Crippen molar-refractivity contribution in [1.29, 1.82) is 0 Å². The number of hydrogen-bond acceptors (Lipinski definition) is 4. The Morgan fingerprint density at radius 3 is 2.24 bits per heavy atom. The Morgan fingerprint density at radius 2 is 1.66 bits per heavy atom. The molecule has 0 bridgehead atoms. The maximum absolute atomic E-state index is 13.0. The summed E-state index contributed by atoms with van der Waals surface area (Å²) in [5.41, 5.74) is 1.86. The Kier molecular flexibility index (Phi) is 8.34. The molecule has 0 saturated heterocycles. The van der Waals surface area contributed by atoms with Crippen LogP contribution in [0.15, 0.2) is 42.5 Å². The number of hydrogen-bond donors (Lipinski definition) is 1. The third-order valence-electron chi connectivity index (χ3n) is 4.76. The highest BCUT2D eigenvalue weighted by molar-refractivity contribution is 6.30. The summed E-state index contributed by atoms with van der Waals surface area (Å²) in [4.78, 5) is 26.8. The predicted octanol–water partition coefficient (Wildman–Crippen LogP) is 3.45. The van der Waals surface area contributed by atoms with Crippen LogP contribution in [0.1, 0.15) is 24.5 Å². The van der Waals surface area contributed by atoms with Gasteiger partial charge in [0, 0.05) is 25.0 Å². The van der Waals surface area contributed by atoms with Crippen molar-refractivity contribution < 1.29 is 19.1 Å². The number of carbonyl (C=O) groups excluding carboxylic acids is 2. The normalized spacial score (nSPS) is 11.5. The maximum Gasteiger partial charge on any atom is 0.242 e. The molecule has 7 heteroatoms. The summed E-state index contributed by atoms with van der Waals surface area (Å²) in [5.74, 6) is 0.943. The zero-order valence-electron chi connectivity index (χ0n) is 17.2. The van der Waals surface area contributed by atoms with Crippen molar-refractivity contribution in [3.05, 3.63) is 58.6 Å². The topological polar surface area (TPSA) is 67.9 Å². The first-order valence-electron chi connectivity index (χ1n) is 9.36. The lowest BCUT2D eigenvalue weighted by atomic mass is 10.1. The minimum Gasteiger partial charge on any atom is -0.493 e. The van der Waals surface area contributed by atoms with Crippen molar-refractivity contribution in [2.24, 2.45) is 0 Å². The van der Waals surface area contributed by atoms with Crippen LogP contribution < -0.4 is 14.8 Å². The number of nitrogens with zero attached hydrogens (tertiary/aromatic N) is 1. The van der Waals surface area contributed by atoms with Gasteiger partial charge in [-0.1, -0.05) is 29.8 Å². The second-order valence-corrected chi connectivity index (χ2v) is 7.06. The van der Waals surface area contributed by atoms with Crippen LogP contribution in [0, 0.1) is 0 Å². The molecule has 0 unspecified atom stereocenters. The van der Waals surface area contributed by atoms with E-state index in [2.05, 4.69) is 5.32 Å². The molecule has 156 valence electrons. The molecule has 0 aliphatic heterocycles. The van der Waals surface area contributed by atoms with Gasteiger partial charge in [-0.2, -0.15) is 0 Å². The number of likely N-dealkylation sites (N-methyl/N-ethyl adjacent to an activating group) is 1. The quantitative estimate of drug-likeness (QED) is 0.677. The Hall–Kier alpha value is -2.73. The van der Waals surface area contributed by atoms with E-state index in [-0.39, 0.29) is 18.2 Å². The summed E-state index contributed by atoms with van der Waals surface area (Å²) in [6, 6.07) is 12.2. The Labute approximate surface area is 176 Å². The van der Waals surface area contributed by atoms with Gasteiger partial charge < -0.3 is 19.7 Å². The van der Waals surface area contributed by atoms with Crippen molar-refractivity contribution in [2.45, 2.75) is 32.4 Å². The summed E-state index contributed by atoms with van der Waals surface area (Å²) < 4.78 is 10.6. The van der Waals surface area contributed by atoms with Gasteiger partial charge in [-0.25, -0.2) is 0 Å². The molecule has 0 aliphatic rings. The monoisotopic (exact) mass is 418 g/mol. The standard InChI is InChI=1S/C22H27ClN2O4/c1-15(22(27)24-2)25(14-17-5-9-18(23)10-6-17)21(26)12-8-16-7-11-19(28-3)20(13-16)29-4/h5-7,9-11,13,15H,8,12,14H2,1-4H3,(H,24,27)/t15-/m1/s1. The number of amides is 2. The lowest BCUT2D eigenvalue weighted by molar-refractivity contribution is -0.140. The van der Waals surface area contributed by atoms with Crippen molar-refractivity contribution >= 4 is 23.4 Å². The Morgan fingerprint density at radius 1 is 1.03 bits per heavy atom. The number of ether oxygens (including phenoxy) is 2. The molecular formula is C22H27ClN2O4. The molecule has 29 heavy (non-hydrogen) atoms. The van der Waals surface area contributed by atoms with E-state index < -0.39 is 6.04 Å². The van der Waals surface area contributed by atoms with E-state index in [0.717, 1.165) is 11.1 Å². The van der Waals surface area contributed by atoms with Crippen LogP contribution >= 0.6 is 11.6 Å². The molecular weight excluding hydrogens is 392 g/mol. The number of carbonyl (C=O) groups is 2. The van der Waals surface area contributed by atoms with Crippen LogP contribution in [0.2, 0.25) is 5.02 Å². The molecule has 0 spiro atoms. The predicted molar refractivity (Wildman–Crippen MR) is 113 cm³/mol. The molecule has 1 N–H and O–H groups in total. The molecule has 0 radical (unpaired) electrons. The van der Waals surface area contributed by atoms with Gasteiger partial charge in [0.05, 0.1) is 14.2 Å². The summed E-state index contributed by atoms with van der Waals surface area (Å²) >= 11 is 5.95. The highest BCUT2D eigenvalue weighted by Gasteiger charge is 2.25. The molecule has 1 atom stereocenters. The molecule has 6 nitrogen and oxygen atoms in total. The van der Waals surface area contributed by atoms with Gasteiger partial charge in [0.15, 0.2) is 11.5 Å². The van der Waals surface area contributed by atoms with Crippen LogP contribution in [0.3, 0.4) is 0 Å². The molecule has 0 aromatic heterocycles. The van der Waals surface area contributed by atoms with E-state index in [0.29, 0.717) is 29.5 Å². The second-order valence-electron chi connectivity index (χ2n) is 6.63. The second kappa shape index (κ2) is 10.7. The van der Waals surface area contributed by atoms with E-state index in [1.54, 1.807) is 45.2 Å². The number of rotatable bonds is 9. The summed E-state index contributed by atoms with van der Waals surface area (Å²) in [6.45, 7) is 2.06. The van der Waals surface area contributed by atoms with Gasteiger partial charge in [0.2, 0.25) is 11.8 Å². The van der Waals surface area contributed by atoms with Crippen LogP contribution in [0.5, 0.6) is 11.5 Å². The highest BCUT2D eigenvalue weighted by atomic mass is 35.5. The molecule has 0 fully saturated rings. The average Bonchev–Trinajstić information content (AvgIpc) is 2.75. The van der Waals surface area contributed by atoms with E-state index in [9.17, 15) is 9.59 Å². The first-order valence-corrected chi connectivity index (χ1v) is 9.73. The number of halogens is 1. The minimum absolute atomic E-state index is 0.106. The highest BCUT2D eigenvalue weighted by Crippen LogP contribution is 2.28. The van der Waals surface area contributed by atoms with Gasteiger partial charge >= 0.3 is 0 Å². The number of benzene rings is 2. The van der Waals surface area contributed by atoms with Crippen LogP contribution in [-0.2, 0) is 22.6 Å². The van der Waals surface area contributed by atoms with E-state index in [4.69, 9.17) is 21.1 Å². The van der Waals surface area contributed by atoms with Gasteiger partial charge in [-0.15, -0.1) is 0 Å². The van der Waals surface area contributed by atoms with Gasteiger partial charge in [-0.05, 0) is 48.7 Å². The number of methoxy groups -OCH3 is 2. The fourth-order valence-electron chi connectivity index (χ4n) is 3.01. The van der Waals surface area contributed by atoms with Crippen LogP contribution in [0.25, 0.3) is 0 Å². The summed E-state index contributed by atoms with van der Waals surface area (Å²) in [5, 5.41) is 3.24. The van der Waals surface area contributed by atoms with E-state index in [1.807, 2.05) is 30.3 Å². The first kappa shape index (κ1) is 22.6. The third-order valence-corrected chi connectivity index (χ3v) is 5.01. The number of aryl methyl sites for hydroxylation is 1. The third kappa shape index (κ3) is 6.12. The molecule has 2 aromatic carbocycles. The fraction of sp³-hybridized carbons (Fsp3) is 0.364. The summed E-state index contributed by atoms with van der Waals surface area (Å²) in [7, 11) is 4.72. The fourth-order valence-corrected chi connectivity index (χ4v) is 3.14. The molecule has 0 aliphatic carbocycles. The van der Waals surface area contributed by atoms with Crippen molar-refractivity contribution in [3.63, 3.8) is 0 Å². The van der Waals surface area contributed by atoms with Gasteiger partial charge in [-0.3, -0.25) is 9.59 Å². The molecule has 0 saturated carbocycles. The maximum atomic E-state index is 13.0. The molecule has 0 heterocycles.